The number of likely N-dealkylation sites (N-methyl/N-ethyl adjacent to an activating group) is 2. The zero-order chi connectivity index (χ0) is 38.6. The van der Waals surface area contributed by atoms with Crippen molar-refractivity contribution in [3.8, 4) is 0 Å². The summed E-state index contributed by atoms with van der Waals surface area (Å²) in [5, 5.41) is 0. The molecular formula is C32H74N2O10S2Si2. The van der Waals surface area contributed by atoms with E-state index in [1.807, 2.05) is 72.6 Å². The molecule has 0 aliphatic rings. The lowest BCUT2D eigenvalue weighted by Crippen LogP contribution is -2.42. The highest BCUT2D eigenvalue weighted by Gasteiger charge is 2.37. The van der Waals surface area contributed by atoms with Gasteiger partial charge in [-0.3, -0.25) is 4.79 Å². The fourth-order valence-electron chi connectivity index (χ4n) is 3.04. The quantitative estimate of drug-likeness (QED) is 0.0456. The molecule has 0 rings (SSSR count). The van der Waals surface area contributed by atoms with Gasteiger partial charge in [0.2, 0.25) is 0 Å². The van der Waals surface area contributed by atoms with Crippen LogP contribution in [0.5, 0.6) is 0 Å². The van der Waals surface area contributed by atoms with Gasteiger partial charge >= 0.3 is 29.5 Å². The van der Waals surface area contributed by atoms with Crippen molar-refractivity contribution in [2.45, 2.75) is 66.5 Å². The number of carbonyl (C=O) groups is 2. The largest absolute Gasteiger partial charge is 0.500 e. The fraction of sp³-hybridized carbons (Fsp3) is 0.875. The summed E-state index contributed by atoms with van der Waals surface area (Å²) in [6.45, 7) is 17.4. The lowest BCUT2D eigenvalue weighted by molar-refractivity contribution is -0.147. The van der Waals surface area contributed by atoms with E-state index in [4.69, 9.17) is 36.0 Å². The van der Waals surface area contributed by atoms with E-state index in [2.05, 4.69) is 19.2 Å². The Morgan fingerprint density at radius 3 is 1.44 bits per heavy atom. The van der Waals surface area contributed by atoms with E-state index in [-0.39, 0.29) is 17.9 Å². The Kier molecular flexibility index (Phi) is 46.5. The molecule has 0 spiro atoms. The summed E-state index contributed by atoms with van der Waals surface area (Å²) in [4.78, 5) is 26.5. The Morgan fingerprint density at radius 2 is 1.10 bits per heavy atom. The molecule has 0 aromatic heterocycles. The molecule has 48 heavy (non-hydrogen) atoms. The molecule has 0 bridgehead atoms. The average Bonchev–Trinajstić information content (AvgIpc) is 3.09. The van der Waals surface area contributed by atoms with E-state index in [1.54, 1.807) is 61.3 Å². The van der Waals surface area contributed by atoms with E-state index >= 15 is 0 Å². The minimum absolute atomic E-state index is 0.0820. The lowest BCUT2D eigenvalue weighted by Gasteiger charge is -2.24. The number of hydrogen-bond acceptors (Lipinski definition) is 14. The first kappa shape index (κ1) is 56.9. The van der Waals surface area contributed by atoms with Gasteiger partial charge in [0.05, 0.1) is 5.92 Å². The molecule has 0 aromatic carbocycles. The van der Waals surface area contributed by atoms with Crippen molar-refractivity contribution in [1.29, 1.82) is 0 Å². The number of thiol groups is 1. The average molecular weight is 767 g/mol. The number of ether oxygens (including phenoxy) is 2. The van der Waals surface area contributed by atoms with E-state index in [0.29, 0.717) is 18.8 Å². The number of thioether (sulfide) groups is 1. The van der Waals surface area contributed by atoms with Crippen LogP contribution >= 0.6 is 24.4 Å². The fourth-order valence-corrected chi connectivity index (χ4v) is 8.20. The van der Waals surface area contributed by atoms with Crippen LogP contribution in [-0.4, -0.2) is 154 Å². The molecule has 0 N–H and O–H groups in total. The first-order valence-corrected chi connectivity index (χ1v) is 22.1. The number of esters is 2. The summed E-state index contributed by atoms with van der Waals surface area (Å²) in [6.07, 6.45) is 1.90. The maximum absolute atomic E-state index is 11.8. The molecule has 16 heteroatoms. The molecule has 0 aliphatic heterocycles. The Bertz CT molecular complexity index is 718. The first-order valence-electron chi connectivity index (χ1n) is 16.5. The van der Waals surface area contributed by atoms with Crippen molar-refractivity contribution in [2.24, 2.45) is 5.92 Å². The summed E-state index contributed by atoms with van der Waals surface area (Å²) < 4.78 is 41.8. The van der Waals surface area contributed by atoms with Crippen LogP contribution in [0.1, 0.15) is 54.4 Å². The highest BCUT2D eigenvalue weighted by Crippen LogP contribution is 2.19. The maximum Gasteiger partial charge on any atom is 0.500 e. The third-order valence-corrected chi connectivity index (χ3v) is 13.2. The minimum Gasteiger partial charge on any atom is -0.464 e. The van der Waals surface area contributed by atoms with Gasteiger partial charge in [0.1, 0.15) is 13.2 Å². The number of rotatable bonds is 23. The summed E-state index contributed by atoms with van der Waals surface area (Å²) in [6, 6.07) is 1.62. The Labute approximate surface area is 307 Å². The van der Waals surface area contributed by atoms with Crippen LogP contribution in [0.15, 0.2) is 12.2 Å². The van der Waals surface area contributed by atoms with Gasteiger partial charge in [-0.15, -0.1) is 0 Å². The molecule has 0 aliphatic carbocycles. The topological polar surface area (TPSA) is 114 Å². The third kappa shape index (κ3) is 34.0. The standard InChI is InChI=1S/C14H31NO5SSi.C8H15NO2.C6H16O3SSi.2C2H6/c1-13(14(16)20-9-8-15(2)3)12-21-10-7-11-22(17-4,18-5)19-6;1-7(2)8(10)11-6-5-9(3)4;1-7-11(8-2,9-3)6-4-5-10;2*1-2/h13H,7-12H2,1-6H3;1,5-6H2,2-4H3;10H,4-6H2,1-3H3;2*1-2H3. The van der Waals surface area contributed by atoms with Gasteiger partial charge in [0.15, 0.2) is 0 Å². The lowest BCUT2D eigenvalue weighted by atomic mass is 10.2. The van der Waals surface area contributed by atoms with E-state index in [1.165, 1.54) is 0 Å². The molecule has 0 fully saturated rings. The molecule has 12 nitrogen and oxygen atoms in total. The first-order chi connectivity index (χ1) is 22.7. The molecule has 0 aromatic rings. The van der Waals surface area contributed by atoms with Gasteiger partial charge in [0, 0.05) is 79.2 Å². The zero-order valence-corrected chi connectivity index (χ0v) is 37.1. The van der Waals surface area contributed by atoms with Crippen molar-refractivity contribution < 1.29 is 45.6 Å². The van der Waals surface area contributed by atoms with Crippen LogP contribution < -0.4 is 0 Å². The van der Waals surface area contributed by atoms with Gasteiger partial charge in [-0.25, -0.2) is 4.79 Å². The summed E-state index contributed by atoms with van der Waals surface area (Å²) in [5.74, 6) is 2.03. The molecule has 0 amide bonds. The van der Waals surface area contributed by atoms with Crippen LogP contribution in [0.4, 0.5) is 0 Å². The van der Waals surface area contributed by atoms with Crippen LogP contribution in [0.3, 0.4) is 0 Å². The van der Waals surface area contributed by atoms with Gasteiger partial charge in [-0.1, -0.05) is 41.2 Å². The second-order valence-corrected chi connectivity index (χ2v) is 18.0. The maximum atomic E-state index is 11.8. The number of carbonyl (C=O) groups excluding carboxylic acids is 2. The van der Waals surface area contributed by atoms with Crippen LogP contribution in [0.2, 0.25) is 12.1 Å². The zero-order valence-electron chi connectivity index (χ0n) is 33.4. The van der Waals surface area contributed by atoms with Gasteiger partial charge < -0.3 is 45.8 Å². The number of hydrogen-bond donors (Lipinski definition) is 1. The van der Waals surface area contributed by atoms with Crippen molar-refractivity contribution in [2.75, 3.05) is 114 Å². The normalized spacial score (nSPS) is 11.4. The molecule has 1 unspecified atom stereocenters. The molecule has 0 saturated carbocycles. The van der Waals surface area contributed by atoms with Crippen LogP contribution in [0, 0.1) is 5.92 Å². The molecule has 0 heterocycles. The molecule has 292 valence electrons. The molecule has 0 radical (unpaired) electrons. The summed E-state index contributed by atoms with van der Waals surface area (Å²) in [7, 11) is 12.8. The monoisotopic (exact) mass is 766 g/mol. The van der Waals surface area contributed by atoms with Gasteiger partial charge in [0.25, 0.3) is 0 Å². The van der Waals surface area contributed by atoms with Crippen molar-refractivity contribution in [3.05, 3.63) is 12.2 Å². The van der Waals surface area contributed by atoms with Crippen LogP contribution in [-0.2, 0) is 45.6 Å². The van der Waals surface area contributed by atoms with Crippen molar-refractivity contribution in [3.63, 3.8) is 0 Å². The van der Waals surface area contributed by atoms with E-state index in [9.17, 15) is 9.59 Å². The molecule has 0 saturated heterocycles. The number of nitrogens with zero attached hydrogens (tertiary/aromatic N) is 2. The predicted octanol–water partition coefficient (Wildman–Crippen LogP) is 5.63. The van der Waals surface area contributed by atoms with E-state index in [0.717, 1.165) is 55.3 Å². The Balaban J connectivity index is -0.000000199. The molecule has 1 atom stereocenters. The second kappa shape index (κ2) is 39.3. The smallest absolute Gasteiger partial charge is 0.464 e. The van der Waals surface area contributed by atoms with Crippen molar-refractivity contribution >= 4 is 53.9 Å². The Hall–Kier alpha value is -0.506. The minimum atomic E-state index is -2.45. The predicted molar refractivity (Wildman–Crippen MR) is 209 cm³/mol. The van der Waals surface area contributed by atoms with Gasteiger partial charge in [-0.05, 0) is 59.5 Å². The summed E-state index contributed by atoms with van der Waals surface area (Å²) in [5.41, 5.74) is 0.448. The highest BCUT2D eigenvalue weighted by atomic mass is 32.2. The van der Waals surface area contributed by atoms with Gasteiger partial charge in [-0.2, -0.15) is 24.4 Å². The SMILES string of the molecule is C=C(C)C(=O)OCCN(C)C.CC.CC.CO[Si](CCCS)(OC)OC.CO[Si](CCCSCC(C)C(=O)OCCN(C)C)(OC)OC. The molecular weight excluding hydrogens is 693 g/mol. The van der Waals surface area contributed by atoms with Crippen LogP contribution in [0.25, 0.3) is 0 Å². The summed E-state index contributed by atoms with van der Waals surface area (Å²) >= 11 is 5.85. The highest BCUT2D eigenvalue weighted by molar-refractivity contribution is 7.99. The van der Waals surface area contributed by atoms with E-state index < -0.39 is 17.6 Å². The third-order valence-electron chi connectivity index (χ3n) is 5.95. The van der Waals surface area contributed by atoms with Crippen molar-refractivity contribution in [1.82, 2.24) is 9.80 Å². The Morgan fingerprint density at radius 1 is 0.729 bits per heavy atom. The second-order valence-electron chi connectivity index (χ2n) is 10.2.